The number of hydrogen-bond donors (Lipinski definition) is 1. The van der Waals surface area contributed by atoms with Gasteiger partial charge in [0.25, 0.3) is 5.91 Å². The molecule has 1 fully saturated rings. The molecule has 2 aromatic heterocycles. The van der Waals surface area contributed by atoms with Gasteiger partial charge in [-0.3, -0.25) is 9.59 Å². The second-order valence-corrected chi connectivity index (χ2v) is 10.3. The van der Waals surface area contributed by atoms with Gasteiger partial charge in [-0.25, -0.2) is 4.98 Å². The molecule has 4 rings (SSSR count). The fourth-order valence-electron chi connectivity index (χ4n) is 3.87. The molecule has 1 N–H and O–H groups in total. The van der Waals surface area contributed by atoms with Crippen LogP contribution in [0.5, 0.6) is 5.75 Å². The van der Waals surface area contributed by atoms with Crippen molar-refractivity contribution in [1.82, 2.24) is 15.2 Å². The number of thiophene rings is 1. The summed E-state index contributed by atoms with van der Waals surface area (Å²) in [5.41, 5.74) is 1.43. The van der Waals surface area contributed by atoms with Crippen molar-refractivity contribution < 1.29 is 14.3 Å². The van der Waals surface area contributed by atoms with Gasteiger partial charge in [-0.15, -0.1) is 22.7 Å². The average Bonchev–Trinajstić information content (AvgIpc) is 3.51. The predicted molar refractivity (Wildman–Crippen MR) is 133 cm³/mol. The predicted octanol–water partition coefficient (Wildman–Crippen LogP) is 4.87. The van der Waals surface area contributed by atoms with E-state index in [9.17, 15) is 9.59 Å². The molecule has 0 spiro atoms. The number of piperidine rings is 1. The monoisotopic (exact) mass is 483 g/mol. The maximum absolute atomic E-state index is 13.0. The van der Waals surface area contributed by atoms with Crippen LogP contribution in [-0.2, 0) is 11.2 Å². The van der Waals surface area contributed by atoms with Gasteiger partial charge in [0.1, 0.15) is 16.5 Å². The highest BCUT2D eigenvalue weighted by Crippen LogP contribution is 2.27. The minimum atomic E-state index is -0.0613. The van der Waals surface area contributed by atoms with Gasteiger partial charge in [-0.1, -0.05) is 6.07 Å². The summed E-state index contributed by atoms with van der Waals surface area (Å²) in [7, 11) is 0. The summed E-state index contributed by atoms with van der Waals surface area (Å²) >= 11 is 3.17. The van der Waals surface area contributed by atoms with Crippen LogP contribution in [0.25, 0.3) is 10.6 Å². The first-order valence-corrected chi connectivity index (χ1v) is 13.1. The zero-order valence-corrected chi connectivity index (χ0v) is 20.6. The molecule has 0 bridgehead atoms. The Labute approximate surface area is 202 Å². The summed E-state index contributed by atoms with van der Waals surface area (Å²) in [5.74, 6) is 0.822. The standard InChI is InChI=1S/C25H29N3O3S2/c1-17(2)31-20-7-5-19(6-8-20)24-27-22(16-33-24)25(30)28-13-10-18(11-14-28)23(29)26-12-9-21-4-3-15-32-21/h3-8,15-18H,9-14H2,1-2H3,(H,26,29). The fraction of sp³-hybridized carbons (Fsp3) is 0.400. The SMILES string of the molecule is CC(C)Oc1ccc(-c2nc(C(=O)N3CCC(C(=O)NCCc4cccs4)CC3)cs2)cc1. The Morgan fingerprint density at radius 3 is 2.58 bits per heavy atom. The van der Waals surface area contributed by atoms with Crippen LogP contribution in [0.1, 0.15) is 42.1 Å². The van der Waals surface area contributed by atoms with Crippen LogP contribution in [0, 0.1) is 5.92 Å². The van der Waals surface area contributed by atoms with E-state index < -0.39 is 0 Å². The van der Waals surface area contributed by atoms with Crippen LogP contribution in [0.4, 0.5) is 0 Å². The number of carbonyl (C=O) groups is 2. The third-order valence-electron chi connectivity index (χ3n) is 5.60. The van der Waals surface area contributed by atoms with E-state index in [1.807, 2.05) is 59.8 Å². The minimum Gasteiger partial charge on any atom is -0.491 e. The summed E-state index contributed by atoms with van der Waals surface area (Å²) < 4.78 is 5.69. The van der Waals surface area contributed by atoms with Gasteiger partial charge in [-0.05, 0) is 68.8 Å². The van der Waals surface area contributed by atoms with Crippen molar-refractivity contribution in [3.05, 3.63) is 57.7 Å². The van der Waals surface area contributed by atoms with Crippen LogP contribution in [0.3, 0.4) is 0 Å². The molecular weight excluding hydrogens is 454 g/mol. The normalized spacial score (nSPS) is 14.5. The molecule has 0 radical (unpaired) electrons. The highest BCUT2D eigenvalue weighted by atomic mass is 32.1. The molecule has 1 aliphatic heterocycles. The highest BCUT2D eigenvalue weighted by molar-refractivity contribution is 7.13. The van der Waals surface area contributed by atoms with E-state index in [2.05, 4.69) is 16.4 Å². The van der Waals surface area contributed by atoms with E-state index >= 15 is 0 Å². The molecule has 3 heterocycles. The van der Waals surface area contributed by atoms with Crippen molar-refractivity contribution in [3.8, 4) is 16.3 Å². The van der Waals surface area contributed by atoms with E-state index in [4.69, 9.17) is 4.74 Å². The number of likely N-dealkylation sites (tertiary alicyclic amines) is 1. The van der Waals surface area contributed by atoms with E-state index in [-0.39, 0.29) is 23.8 Å². The van der Waals surface area contributed by atoms with E-state index in [0.717, 1.165) is 22.7 Å². The summed E-state index contributed by atoms with van der Waals surface area (Å²) in [4.78, 5) is 33.1. The number of nitrogens with zero attached hydrogens (tertiary/aromatic N) is 2. The molecule has 0 aliphatic carbocycles. The lowest BCUT2D eigenvalue weighted by Gasteiger charge is -2.30. The molecule has 1 saturated heterocycles. The Kier molecular flexibility index (Phi) is 7.77. The van der Waals surface area contributed by atoms with Crippen LogP contribution < -0.4 is 10.1 Å². The topological polar surface area (TPSA) is 71.5 Å². The zero-order valence-electron chi connectivity index (χ0n) is 19.0. The second-order valence-electron chi connectivity index (χ2n) is 8.42. The molecular formula is C25H29N3O3S2. The highest BCUT2D eigenvalue weighted by Gasteiger charge is 2.28. The number of aromatic nitrogens is 1. The maximum Gasteiger partial charge on any atom is 0.273 e. The van der Waals surface area contributed by atoms with Crippen LogP contribution >= 0.6 is 22.7 Å². The minimum absolute atomic E-state index is 0.0325. The Bertz CT molecular complexity index is 1050. The molecule has 8 heteroatoms. The van der Waals surface area contributed by atoms with Gasteiger partial charge in [-0.2, -0.15) is 0 Å². The van der Waals surface area contributed by atoms with E-state index in [1.54, 1.807) is 11.3 Å². The number of rotatable bonds is 8. The molecule has 0 unspecified atom stereocenters. The summed E-state index contributed by atoms with van der Waals surface area (Å²) in [6.45, 7) is 5.80. The Morgan fingerprint density at radius 2 is 1.91 bits per heavy atom. The van der Waals surface area contributed by atoms with Crippen molar-refractivity contribution in [2.24, 2.45) is 5.92 Å². The number of benzene rings is 1. The van der Waals surface area contributed by atoms with Crippen molar-refractivity contribution >= 4 is 34.5 Å². The van der Waals surface area contributed by atoms with Gasteiger partial charge in [0, 0.05) is 41.4 Å². The molecule has 33 heavy (non-hydrogen) atoms. The Morgan fingerprint density at radius 1 is 1.15 bits per heavy atom. The lowest BCUT2D eigenvalue weighted by molar-refractivity contribution is -0.126. The Hall–Kier alpha value is -2.71. The lowest BCUT2D eigenvalue weighted by atomic mass is 9.95. The lowest BCUT2D eigenvalue weighted by Crippen LogP contribution is -2.43. The first-order valence-electron chi connectivity index (χ1n) is 11.3. The van der Waals surface area contributed by atoms with Crippen molar-refractivity contribution in [2.45, 2.75) is 39.2 Å². The number of ether oxygens (including phenoxy) is 1. The number of nitrogens with one attached hydrogen (secondary N) is 1. The van der Waals surface area contributed by atoms with E-state index in [0.29, 0.717) is 38.2 Å². The summed E-state index contributed by atoms with van der Waals surface area (Å²) in [6.07, 6.45) is 2.36. The Balaban J connectivity index is 1.26. The smallest absolute Gasteiger partial charge is 0.273 e. The van der Waals surface area contributed by atoms with Crippen molar-refractivity contribution in [1.29, 1.82) is 0 Å². The fourth-order valence-corrected chi connectivity index (χ4v) is 5.38. The number of amides is 2. The second kappa shape index (κ2) is 10.9. The third-order valence-corrected chi connectivity index (χ3v) is 7.43. The first kappa shape index (κ1) is 23.4. The van der Waals surface area contributed by atoms with E-state index in [1.165, 1.54) is 16.2 Å². The van der Waals surface area contributed by atoms with Gasteiger partial charge < -0.3 is 15.0 Å². The molecule has 6 nitrogen and oxygen atoms in total. The summed E-state index contributed by atoms with van der Waals surface area (Å²) in [6, 6.07) is 11.9. The molecule has 0 atom stereocenters. The van der Waals surface area contributed by atoms with Gasteiger partial charge >= 0.3 is 0 Å². The van der Waals surface area contributed by atoms with Crippen LogP contribution in [-0.4, -0.2) is 47.4 Å². The van der Waals surface area contributed by atoms with Crippen LogP contribution in [0.15, 0.2) is 47.2 Å². The number of carbonyl (C=O) groups excluding carboxylic acids is 2. The summed E-state index contributed by atoms with van der Waals surface area (Å²) in [5, 5.41) is 7.73. The zero-order chi connectivity index (χ0) is 23.2. The molecule has 2 amide bonds. The molecule has 3 aromatic rings. The molecule has 1 aromatic carbocycles. The largest absolute Gasteiger partial charge is 0.491 e. The van der Waals surface area contributed by atoms with Gasteiger partial charge in [0.2, 0.25) is 5.91 Å². The molecule has 174 valence electrons. The van der Waals surface area contributed by atoms with Crippen LogP contribution in [0.2, 0.25) is 0 Å². The number of thiazole rings is 1. The third kappa shape index (κ3) is 6.21. The molecule has 0 saturated carbocycles. The quantitative estimate of drug-likeness (QED) is 0.496. The van der Waals surface area contributed by atoms with Gasteiger partial charge in [0.15, 0.2) is 0 Å². The average molecular weight is 484 g/mol. The first-order chi connectivity index (χ1) is 16.0. The molecule has 1 aliphatic rings. The number of hydrogen-bond acceptors (Lipinski definition) is 6. The van der Waals surface area contributed by atoms with Gasteiger partial charge in [0.05, 0.1) is 6.10 Å². The maximum atomic E-state index is 13.0. The van der Waals surface area contributed by atoms with Crippen molar-refractivity contribution in [2.75, 3.05) is 19.6 Å². The van der Waals surface area contributed by atoms with Crippen molar-refractivity contribution in [3.63, 3.8) is 0 Å².